The molecule has 1 amide bonds. The van der Waals surface area contributed by atoms with Crippen molar-refractivity contribution in [1.82, 2.24) is 14.5 Å². The lowest BCUT2D eigenvalue weighted by atomic mass is 10.2. The molecule has 0 radical (unpaired) electrons. The molecular weight excluding hydrogens is 320 g/mol. The van der Waals surface area contributed by atoms with Crippen LogP contribution in [0.25, 0.3) is 11.0 Å². The number of fused-ring (bicyclic) bond motifs is 1. The second kappa shape index (κ2) is 7.65. The maximum Gasteiger partial charge on any atom is 0.314 e. The number of carbonyl (C=O) groups is 1. The first-order valence-electron chi connectivity index (χ1n) is 8.29. The van der Waals surface area contributed by atoms with E-state index in [0.29, 0.717) is 23.1 Å². The third-order valence-corrected chi connectivity index (χ3v) is 3.99. The number of anilines is 1. The van der Waals surface area contributed by atoms with Gasteiger partial charge in [-0.3, -0.25) is 14.4 Å². The van der Waals surface area contributed by atoms with E-state index in [1.165, 1.54) is 0 Å². The van der Waals surface area contributed by atoms with Crippen LogP contribution in [-0.2, 0) is 11.3 Å². The number of unbranched alkanes of at least 4 members (excludes halogenated alkanes) is 2. The quantitative estimate of drug-likeness (QED) is 0.454. The Hall–Kier alpha value is -3.09. The summed E-state index contributed by atoms with van der Waals surface area (Å²) in [4.78, 5) is 39.6. The first-order chi connectivity index (χ1) is 12.1. The maximum atomic E-state index is 12.0. The molecule has 0 bridgehead atoms. The molecule has 7 nitrogen and oxygen atoms in total. The molecule has 0 saturated heterocycles. The van der Waals surface area contributed by atoms with E-state index in [4.69, 9.17) is 0 Å². The molecule has 0 fully saturated rings. The molecule has 0 saturated carbocycles. The van der Waals surface area contributed by atoms with E-state index >= 15 is 0 Å². The standard InChI is InChI=1S/C18H20N4O3/c23-16(6-2-1-3-9-22-10-4-5-11-22)19-13-7-8-14-15(12-13)21-18(25)17(24)20-14/h4-5,7-8,10-12H,1-3,6,9H2,(H,19,23)(H,20,24)(H,21,25). The van der Waals surface area contributed by atoms with Crippen LogP contribution < -0.4 is 16.4 Å². The number of rotatable bonds is 7. The fourth-order valence-electron chi connectivity index (χ4n) is 2.69. The van der Waals surface area contributed by atoms with E-state index in [1.807, 2.05) is 24.5 Å². The van der Waals surface area contributed by atoms with Gasteiger partial charge in [0.2, 0.25) is 5.91 Å². The normalized spacial score (nSPS) is 10.9. The van der Waals surface area contributed by atoms with Crippen LogP contribution in [0.4, 0.5) is 5.69 Å². The molecule has 0 atom stereocenters. The van der Waals surface area contributed by atoms with E-state index in [9.17, 15) is 14.4 Å². The molecule has 130 valence electrons. The van der Waals surface area contributed by atoms with Gasteiger partial charge in [0.1, 0.15) is 0 Å². The molecule has 0 aliphatic carbocycles. The zero-order valence-corrected chi connectivity index (χ0v) is 13.7. The number of aryl methyl sites for hydroxylation is 1. The van der Waals surface area contributed by atoms with Crippen molar-refractivity contribution in [2.24, 2.45) is 0 Å². The average molecular weight is 340 g/mol. The molecule has 0 unspecified atom stereocenters. The van der Waals surface area contributed by atoms with Gasteiger partial charge in [-0.15, -0.1) is 0 Å². The van der Waals surface area contributed by atoms with Crippen LogP contribution in [0.5, 0.6) is 0 Å². The smallest absolute Gasteiger partial charge is 0.314 e. The van der Waals surface area contributed by atoms with Crippen LogP contribution in [0.1, 0.15) is 25.7 Å². The van der Waals surface area contributed by atoms with E-state index in [1.54, 1.807) is 18.2 Å². The number of aromatic nitrogens is 3. The van der Waals surface area contributed by atoms with Crippen molar-refractivity contribution in [3.63, 3.8) is 0 Å². The Labute approximate surface area is 143 Å². The number of hydrogen-bond donors (Lipinski definition) is 3. The minimum Gasteiger partial charge on any atom is -0.354 e. The van der Waals surface area contributed by atoms with Gasteiger partial charge in [0, 0.05) is 31.0 Å². The fourth-order valence-corrected chi connectivity index (χ4v) is 2.69. The highest BCUT2D eigenvalue weighted by atomic mass is 16.2. The summed E-state index contributed by atoms with van der Waals surface area (Å²) in [5, 5.41) is 2.81. The Morgan fingerprint density at radius 2 is 1.68 bits per heavy atom. The number of hydrogen-bond acceptors (Lipinski definition) is 3. The van der Waals surface area contributed by atoms with Gasteiger partial charge in [-0.25, -0.2) is 0 Å². The second-order valence-corrected chi connectivity index (χ2v) is 5.95. The molecule has 2 aromatic heterocycles. The molecule has 7 heteroatoms. The van der Waals surface area contributed by atoms with E-state index in [-0.39, 0.29) is 5.91 Å². The summed E-state index contributed by atoms with van der Waals surface area (Å²) < 4.78 is 2.13. The number of carbonyl (C=O) groups excluding carboxylic acids is 1. The van der Waals surface area contributed by atoms with Gasteiger partial charge in [0.15, 0.2) is 0 Å². The summed E-state index contributed by atoms with van der Waals surface area (Å²) in [5.41, 5.74) is 0.192. The van der Waals surface area contributed by atoms with Crippen LogP contribution in [0.3, 0.4) is 0 Å². The van der Waals surface area contributed by atoms with Gasteiger partial charge >= 0.3 is 11.1 Å². The predicted molar refractivity (Wildman–Crippen MR) is 96.7 cm³/mol. The van der Waals surface area contributed by atoms with Crippen molar-refractivity contribution in [2.75, 3.05) is 5.32 Å². The molecule has 0 spiro atoms. The molecule has 3 N–H and O–H groups in total. The number of nitrogens with one attached hydrogen (secondary N) is 3. The number of nitrogens with zero attached hydrogens (tertiary/aromatic N) is 1. The molecule has 25 heavy (non-hydrogen) atoms. The highest BCUT2D eigenvalue weighted by molar-refractivity contribution is 5.92. The van der Waals surface area contributed by atoms with Gasteiger partial charge in [0.05, 0.1) is 11.0 Å². The predicted octanol–water partition coefficient (Wildman–Crippen LogP) is 2.22. The number of aromatic amines is 2. The van der Waals surface area contributed by atoms with Gasteiger partial charge in [0.25, 0.3) is 0 Å². The first kappa shape index (κ1) is 16.8. The summed E-state index contributed by atoms with van der Waals surface area (Å²) in [5.74, 6) is -0.0629. The first-order valence-corrected chi connectivity index (χ1v) is 8.29. The molecular formula is C18H20N4O3. The highest BCUT2D eigenvalue weighted by Gasteiger charge is 2.05. The largest absolute Gasteiger partial charge is 0.354 e. The van der Waals surface area contributed by atoms with Gasteiger partial charge in [-0.2, -0.15) is 0 Å². The topological polar surface area (TPSA) is 99.8 Å². The lowest BCUT2D eigenvalue weighted by Crippen LogP contribution is -2.28. The minimum atomic E-state index is -0.710. The third-order valence-electron chi connectivity index (χ3n) is 3.99. The van der Waals surface area contributed by atoms with Crippen LogP contribution in [0.15, 0.2) is 52.3 Å². The van der Waals surface area contributed by atoms with E-state index < -0.39 is 11.1 Å². The lowest BCUT2D eigenvalue weighted by molar-refractivity contribution is -0.116. The maximum absolute atomic E-state index is 12.0. The second-order valence-electron chi connectivity index (χ2n) is 5.95. The average Bonchev–Trinajstić information content (AvgIpc) is 3.09. The fraction of sp³-hybridized carbons (Fsp3) is 0.278. The summed E-state index contributed by atoms with van der Waals surface area (Å²) in [6.07, 6.45) is 7.36. The van der Waals surface area contributed by atoms with Crippen LogP contribution in [0.2, 0.25) is 0 Å². The summed E-state index contributed by atoms with van der Waals surface area (Å²) in [7, 11) is 0. The molecule has 3 aromatic rings. The van der Waals surface area contributed by atoms with Gasteiger partial charge < -0.3 is 19.9 Å². The third kappa shape index (κ3) is 4.47. The molecule has 0 aliphatic heterocycles. The Balaban J connectivity index is 1.49. The molecule has 0 aliphatic rings. The Morgan fingerprint density at radius 3 is 2.44 bits per heavy atom. The summed E-state index contributed by atoms with van der Waals surface area (Å²) in [6, 6.07) is 8.98. The zero-order chi connectivity index (χ0) is 17.6. The van der Waals surface area contributed by atoms with Crippen molar-refractivity contribution >= 4 is 22.6 Å². The zero-order valence-electron chi connectivity index (χ0n) is 13.7. The van der Waals surface area contributed by atoms with E-state index in [2.05, 4.69) is 19.9 Å². The molecule has 3 rings (SSSR count). The van der Waals surface area contributed by atoms with E-state index in [0.717, 1.165) is 25.8 Å². The number of benzene rings is 1. The molecule has 2 heterocycles. The van der Waals surface area contributed by atoms with Crippen molar-refractivity contribution in [3.8, 4) is 0 Å². The Bertz CT molecular complexity index is 970. The summed E-state index contributed by atoms with van der Waals surface area (Å²) in [6.45, 7) is 0.963. The molecule has 1 aromatic carbocycles. The number of H-pyrrole nitrogens is 2. The highest BCUT2D eigenvalue weighted by Crippen LogP contribution is 2.14. The Morgan fingerprint density at radius 1 is 0.960 bits per heavy atom. The Kier molecular flexibility index (Phi) is 5.13. The number of amides is 1. The van der Waals surface area contributed by atoms with Crippen molar-refractivity contribution < 1.29 is 4.79 Å². The monoisotopic (exact) mass is 340 g/mol. The van der Waals surface area contributed by atoms with Crippen LogP contribution >= 0.6 is 0 Å². The van der Waals surface area contributed by atoms with Gasteiger partial charge in [-0.1, -0.05) is 6.42 Å². The van der Waals surface area contributed by atoms with Crippen molar-refractivity contribution in [3.05, 3.63) is 63.4 Å². The van der Waals surface area contributed by atoms with Gasteiger partial charge in [-0.05, 0) is 43.2 Å². The SMILES string of the molecule is O=C(CCCCCn1cccc1)Nc1ccc2[nH]c(=O)c(=O)[nH]c2c1. The summed E-state index contributed by atoms with van der Waals surface area (Å²) >= 11 is 0. The van der Waals surface area contributed by atoms with Crippen LogP contribution in [-0.4, -0.2) is 20.4 Å². The van der Waals surface area contributed by atoms with Crippen molar-refractivity contribution in [2.45, 2.75) is 32.2 Å². The lowest BCUT2D eigenvalue weighted by Gasteiger charge is -2.07. The minimum absolute atomic E-state index is 0.0629. The van der Waals surface area contributed by atoms with Crippen molar-refractivity contribution in [1.29, 1.82) is 0 Å². The van der Waals surface area contributed by atoms with Crippen LogP contribution in [0, 0.1) is 0 Å².